The van der Waals surface area contributed by atoms with E-state index in [1.165, 1.54) is 18.2 Å². The Kier molecular flexibility index (Phi) is 5.62. The van der Waals surface area contributed by atoms with Gasteiger partial charge in [0.05, 0.1) is 4.90 Å². The SMILES string of the molecule is CS(=O)(=O)c1ccc(F)cc1CN1CCC[C@@H](Nc2ccc3c(=O)[nH]ccc3c2)C1. The maximum atomic E-state index is 13.8. The molecule has 0 saturated carbocycles. The fourth-order valence-corrected chi connectivity index (χ4v) is 5.02. The van der Waals surface area contributed by atoms with Crippen molar-refractivity contribution in [3.63, 3.8) is 0 Å². The lowest BCUT2D eigenvalue weighted by Gasteiger charge is -2.34. The quantitative estimate of drug-likeness (QED) is 0.609. The van der Waals surface area contributed by atoms with E-state index in [4.69, 9.17) is 0 Å². The molecule has 30 heavy (non-hydrogen) atoms. The number of aromatic amines is 1. The predicted molar refractivity (Wildman–Crippen MR) is 116 cm³/mol. The molecular formula is C22H24FN3O3S. The van der Waals surface area contributed by atoms with Crippen LogP contribution in [0.4, 0.5) is 10.1 Å². The molecule has 6 nitrogen and oxygen atoms in total. The van der Waals surface area contributed by atoms with Crippen LogP contribution in [-0.2, 0) is 16.4 Å². The number of fused-ring (bicyclic) bond motifs is 1. The lowest BCUT2D eigenvalue weighted by molar-refractivity contribution is 0.207. The van der Waals surface area contributed by atoms with Crippen LogP contribution in [0.25, 0.3) is 10.8 Å². The summed E-state index contributed by atoms with van der Waals surface area (Å²) in [6.07, 6.45) is 4.71. The summed E-state index contributed by atoms with van der Waals surface area (Å²) in [6.45, 7) is 1.92. The van der Waals surface area contributed by atoms with Crippen LogP contribution in [0.15, 0.2) is 58.4 Å². The van der Waals surface area contributed by atoms with Gasteiger partial charge >= 0.3 is 0 Å². The number of pyridine rings is 1. The topological polar surface area (TPSA) is 82.3 Å². The Morgan fingerprint density at radius 3 is 2.83 bits per heavy atom. The molecule has 4 rings (SSSR count). The second-order valence-electron chi connectivity index (χ2n) is 7.85. The van der Waals surface area contributed by atoms with Gasteiger partial charge in [-0.05, 0) is 72.8 Å². The van der Waals surface area contributed by atoms with Crippen molar-refractivity contribution in [2.45, 2.75) is 30.3 Å². The van der Waals surface area contributed by atoms with Crippen molar-refractivity contribution in [2.24, 2.45) is 0 Å². The summed E-state index contributed by atoms with van der Waals surface area (Å²) in [4.78, 5) is 16.9. The number of nitrogens with one attached hydrogen (secondary N) is 2. The summed E-state index contributed by atoms with van der Waals surface area (Å²) in [6, 6.07) is 11.5. The van der Waals surface area contributed by atoms with Gasteiger partial charge in [-0.1, -0.05) is 0 Å². The molecule has 2 aromatic carbocycles. The minimum atomic E-state index is -3.42. The van der Waals surface area contributed by atoms with Crippen LogP contribution >= 0.6 is 0 Å². The number of piperidine rings is 1. The van der Waals surface area contributed by atoms with E-state index in [0.717, 1.165) is 36.7 Å². The van der Waals surface area contributed by atoms with Crippen molar-refractivity contribution in [1.29, 1.82) is 0 Å². The van der Waals surface area contributed by atoms with Gasteiger partial charge in [0, 0.05) is 42.7 Å². The Hall–Kier alpha value is -2.71. The molecular weight excluding hydrogens is 405 g/mol. The van der Waals surface area contributed by atoms with Crippen molar-refractivity contribution in [1.82, 2.24) is 9.88 Å². The summed E-state index contributed by atoms with van der Waals surface area (Å²) in [7, 11) is -3.42. The van der Waals surface area contributed by atoms with E-state index < -0.39 is 15.7 Å². The fraction of sp³-hybridized carbons (Fsp3) is 0.318. The molecule has 0 bridgehead atoms. The number of benzene rings is 2. The zero-order valence-corrected chi connectivity index (χ0v) is 17.5. The standard InChI is InChI=1S/C22H24FN3O3S/c1-30(28,29)21-7-4-17(23)11-16(21)13-26-10-2-3-19(14-26)25-18-5-6-20-15(12-18)8-9-24-22(20)27/h4-9,11-12,19,25H,2-3,10,13-14H2,1H3,(H,24,27)/t19-/m1/s1. The van der Waals surface area contributed by atoms with E-state index in [0.29, 0.717) is 24.0 Å². The molecule has 158 valence electrons. The average Bonchev–Trinajstić information content (AvgIpc) is 2.67. The van der Waals surface area contributed by atoms with Gasteiger partial charge in [-0.3, -0.25) is 9.69 Å². The number of hydrogen-bond acceptors (Lipinski definition) is 5. The fourth-order valence-electron chi connectivity index (χ4n) is 4.11. The molecule has 1 saturated heterocycles. The predicted octanol–water partition coefficient (Wildman–Crippen LogP) is 3.15. The van der Waals surface area contributed by atoms with Gasteiger partial charge in [-0.2, -0.15) is 0 Å². The Balaban J connectivity index is 1.49. The summed E-state index contributed by atoms with van der Waals surface area (Å²) in [5, 5.41) is 5.03. The maximum Gasteiger partial charge on any atom is 0.255 e. The van der Waals surface area contributed by atoms with Gasteiger partial charge < -0.3 is 10.3 Å². The number of rotatable bonds is 5. The largest absolute Gasteiger partial charge is 0.381 e. The Morgan fingerprint density at radius 2 is 2.03 bits per heavy atom. The maximum absolute atomic E-state index is 13.8. The van der Waals surface area contributed by atoms with Crippen molar-refractivity contribution < 1.29 is 12.8 Å². The van der Waals surface area contributed by atoms with Gasteiger partial charge in [-0.25, -0.2) is 12.8 Å². The number of halogens is 1. The zero-order chi connectivity index (χ0) is 21.3. The highest BCUT2D eigenvalue weighted by Gasteiger charge is 2.22. The Labute approximate surface area is 174 Å². The van der Waals surface area contributed by atoms with Crippen LogP contribution in [-0.4, -0.2) is 43.7 Å². The van der Waals surface area contributed by atoms with E-state index in [9.17, 15) is 17.6 Å². The normalized spacial score (nSPS) is 17.9. The Bertz CT molecular complexity index is 1240. The lowest BCUT2D eigenvalue weighted by Crippen LogP contribution is -2.41. The smallest absolute Gasteiger partial charge is 0.255 e. The van der Waals surface area contributed by atoms with E-state index in [2.05, 4.69) is 15.2 Å². The summed E-state index contributed by atoms with van der Waals surface area (Å²) >= 11 is 0. The number of hydrogen-bond donors (Lipinski definition) is 2. The van der Waals surface area contributed by atoms with Crippen LogP contribution in [0.3, 0.4) is 0 Å². The van der Waals surface area contributed by atoms with Crippen molar-refractivity contribution >= 4 is 26.3 Å². The monoisotopic (exact) mass is 429 g/mol. The van der Waals surface area contributed by atoms with Crippen LogP contribution in [0, 0.1) is 5.82 Å². The number of nitrogens with zero attached hydrogens (tertiary/aromatic N) is 1. The third kappa shape index (κ3) is 4.55. The van der Waals surface area contributed by atoms with Gasteiger partial charge in [0.1, 0.15) is 5.82 Å². The number of aromatic nitrogens is 1. The third-order valence-electron chi connectivity index (χ3n) is 5.47. The van der Waals surface area contributed by atoms with Crippen molar-refractivity contribution in [2.75, 3.05) is 24.7 Å². The number of sulfone groups is 1. The molecule has 0 spiro atoms. The molecule has 1 aliphatic heterocycles. The minimum absolute atomic E-state index is 0.111. The average molecular weight is 430 g/mol. The second-order valence-corrected chi connectivity index (χ2v) is 9.84. The first kappa shape index (κ1) is 20.6. The van der Waals surface area contributed by atoms with Gasteiger partial charge in [-0.15, -0.1) is 0 Å². The molecule has 0 unspecified atom stereocenters. The van der Waals surface area contributed by atoms with Crippen molar-refractivity contribution in [3.8, 4) is 0 Å². The first-order valence-electron chi connectivity index (χ1n) is 9.88. The molecule has 8 heteroatoms. The van der Waals surface area contributed by atoms with Gasteiger partial charge in [0.2, 0.25) is 0 Å². The van der Waals surface area contributed by atoms with Crippen molar-refractivity contribution in [3.05, 3.63) is 70.4 Å². The third-order valence-corrected chi connectivity index (χ3v) is 6.66. The summed E-state index contributed by atoms with van der Waals surface area (Å²) in [5.74, 6) is -0.435. The highest BCUT2D eigenvalue weighted by molar-refractivity contribution is 7.90. The van der Waals surface area contributed by atoms with E-state index in [-0.39, 0.29) is 16.5 Å². The van der Waals surface area contributed by atoms with Crippen LogP contribution in [0.1, 0.15) is 18.4 Å². The molecule has 2 heterocycles. The van der Waals surface area contributed by atoms with Gasteiger partial charge in [0.15, 0.2) is 9.84 Å². The van der Waals surface area contributed by atoms with E-state index >= 15 is 0 Å². The van der Waals surface area contributed by atoms with E-state index in [1.807, 2.05) is 24.3 Å². The Morgan fingerprint density at radius 1 is 1.20 bits per heavy atom. The lowest BCUT2D eigenvalue weighted by atomic mass is 10.0. The molecule has 0 radical (unpaired) electrons. The number of H-pyrrole nitrogens is 1. The summed E-state index contributed by atoms with van der Waals surface area (Å²) in [5.41, 5.74) is 1.31. The van der Waals surface area contributed by atoms with Crippen LogP contribution < -0.4 is 10.9 Å². The molecule has 2 N–H and O–H groups in total. The number of anilines is 1. The highest BCUT2D eigenvalue weighted by Crippen LogP contribution is 2.23. The molecule has 1 fully saturated rings. The van der Waals surface area contributed by atoms with Crippen LogP contribution in [0.5, 0.6) is 0 Å². The summed E-state index contributed by atoms with van der Waals surface area (Å²) < 4.78 is 37.9. The first-order chi connectivity index (χ1) is 14.3. The van der Waals surface area contributed by atoms with Crippen LogP contribution in [0.2, 0.25) is 0 Å². The molecule has 0 aliphatic carbocycles. The molecule has 1 aromatic heterocycles. The molecule has 1 atom stereocenters. The second kappa shape index (κ2) is 8.20. The molecule has 0 amide bonds. The molecule has 1 aliphatic rings. The molecule has 3 aromatic rings. The zero-order valence-electron chi connectivity index (χ0n) is 16.7. The van der Waals surface area contributed by atoms with Gasteiger partial charge in [0.25, 0.3) is 5.56 Å². The minimum Gasteiger partial charge on any atom is -0.381 e. The first-order valence-corrected chi connectivity index (χ1v) is 11.8. The van der Waals surface area contributed by atoms with E-state index in [1.54, 1.807) is 6.20 Å². The number of likely N-dealkylation sites (tertiary alicyclic amines) is 1. The highest BCUT2D eigenvalue weighted by atomic mass is 32.2.